The largest absolute Gasteiger partial charge is 0.497 e. The summed E-state index contributed by atoms with van der Waals surface area (Å²) in [6.45, 7) is 0.427. The summed E-state index contributed by atoms with van der Waals surface area (Å²) >= 11 is 0. The number of methoxy groups -OCH3 is 1. The smallest absolute Gasteiger partial charge is 0.303 e. The third kappa shape index (κ3) is 4.38. The van der Waals surface area contributed by atoms with Gasteiger partial charge in [0.2, 0.25) is 0 Å². The van der Waals surface area contributed by atoms with Crippen LogP contribution in [-0.2, 0) is 17.8 Å². The second-order valence-electron chi connectivity index (χ2n) is 5.62. The number of hydrogen-bond donors (Lipinski definition) is 1. The molecule has 0 saturated carbocycles. The Bertz CT molecular complexity index is 857. The summed E-state index contributed by atoms with van der Waals surface area (Å²) in [5, 5.41) is 13.0. The first-order chi connectivity index (χ1) is 12.7. The molecule has 0 unspecified atom stereocenters. The van der Waals surface area contributed by atoms with Crippen LogP contribution in [0.5, 0.6) is 11.5 Å². The van der Waals surface area contributed by atoms with Gasteiger partial charge in [0.25, 0.3) is 0 Å². The first-order valence-electron chi connectivity index (χ1n) is 8.12. The molecule has 134 valence electrons. The summed E-state index contributed by atoms with van der Waals surface area (Å²) in [5.74, 6) is 1.22. The zero-order valence-corrected chi connectivity index (χ0v) is 14.3. The van der Waals surface area contributed by atoms with Crippen LogP contribution in [-0.4, -0.2) is 33.0 Å². The second-order valence-corrected chi connectivity index (χ2v) is 5.62. The zero-order chi connectivity index (χ0) is 18.4. The highest BCUT2D eigenvalue weighted by Crippen LogP contribution is 2.17. The van der Waals surface area contributed by atoms with Crippen LogP contribution in [0.15, 0.2) is 54.9 Å². The van der Waals surface area contributed by atoms with Crippen LogP contribution < -0.4 is 9.47 Å². The number of benzene rings is 1. The molecule has 26 heavy (non-hydrogen) atoms. The van der Waals surface area contributed by atoms with Crippen LogP contribution in [0.25, 0.3) is 5.82 Å². The van der Waals surface area contributed by atoms with Gasteiger partial charge in [-0.1, -0.05) is 12.1 Å². The molecule has 0 bridgehead atoms. The maximum atomic E-state index is 10.7. The Morgan fingerprint density at radius 1 is 1.12 bits per heavy atom. The molecule has 0 fully saturated rings. The number of aryl methyl sites for hydroxylation is 1. The molecule has 0 atom stereocenters. The van der Waals surface area contributed by atoms with E-state index >= 15 is 0 Å². The minimum absolute atomic E-state index is 0.0503. The SMILES string of the molecule is COc1ccc(COc2ccc(-n3nccc3CCC(=O)O)nc2)cc1. The molecule has 0 aliphatic carbocycles. The van der Waals surface area contributed by atoms with Gasteiger partial charge < -0.3 is 14.6 Å². The van der Waals surface area contributed by atoms with Gasteiger partial charge in [-0.2, -0.15) is 5.10 Å². The average Bonchev–Trinajstić information content (AvgIpc) is 3.14. The quantitative estimate of drug-likeness (QED) is 0.670. The highest BCUT2D eigenvalue weighted by molar-refractivity contribution is 5.67. The van der Waals surface area contributed by atoms with Crippen molar-refractivity contribution in [3.05, 3.63) is 66.1 Å². The fourth-order valence-corrected chi connectivity index (χ4v) is 2.43. The van der Waals surface area contributed by atoms with Crippen molar-refractivity contribution in [1.82, 2.24) is 14.8 Å². The average molecular weight is 353 g/mol. The van der Waals surface area contributed by atoms with Crippen molar-refractivity contribution in [1.29, 1.82) is 0 Å². The van der Waals surface area contributed by atoms with Crippen LogP contribution in [0.1, 0.15) is 17.7 Å². The lowest BCUT2D eigenvalue weighted by Crippen LogP contribution is -2.07. The Balaban J connectivity index is 1.63. The molecular formula is C19H19N3O4. The maximum Gasteiger partial charge on any atom is 0.303 e. The van der Waals surface area contributed by atoms with E-state index in [2.05, 4.69) is 10.1 Å². The van der Waals surface area contributed by atoms with E-state index in [-0.39, 0.29) is 6.42 Å². The summed E-state index contributed by atoms with van der Waals surface area (Å²) < 4.78 is 12.5. The monoisotopic (exact) mass is 353 g/mol. The van der Waals surface area contributed by atoms with Gasteiger partial charge in [-0.15, -0.1) is 0 Å². The van der Waals surface area contributed by atoms with E-state index in [0.717, 1.165) is 17.0 Å². The Morgan fingerprint density at radius 3 is 2.54 bits per heavy atom. The van der Waals surface area contributed by atoms with E-state index in [9.17, 15) is 4.79 Å². The summed E-state index contributed by atoms with van der Waals surface area (Å²) in [5.41, 5.74) is 1.82. The molecule has 0 amide bonds. The lowest BCUT2D eigenvalue weighted by Gasteiger charge is -2.09. The number of carbonyl (C=O) groups is 1. The number of nitrogens with zero attached hydrogens (tertiary/aromatic N) is 3. The van der Waals surface area contributed by atoms with Gasteiger partial charge in [0, 0.05) is 18.3 Å². The highest BCUT2D eigenvalue weighted by Gasteiger charge is 2.08. The van der Waals surface area contributed by atoms with E-state index in [1.807, 2.05) is 30.3 Å². The molecule has 0 aliphatic rings. The maximum absolute atomic E-state index is 10.7. The van der Waals surface area contributed by atoms with Crippen LogP contribution in [0.3, 0.4) is 0 Å². The van der Waals surface area contributed by atoms with Gasteiger partial charge in [-0.25, -0.2) is 9.67 Å². The van der Waals surface area contributed by atoms with E-state index in [4.69, 9.17) is 14.6 Å². The van der Waals surface area contributed by atoms with E-state index < -0.39 is 5.97 Å². The van der Waals surface area contributed by atoms with E-state index in [0.29, 0.717) is 24.6 Å². The van der Waals surface area contributed by atoms with Gasteiger partial charge in [0.05, 0.1) is 19.7 Å². The summed E-state index contributed by atoms with van der Waals surface area (Å²) in [7, 11) is 1.63. The molecule has 0 radical (unpaired) electrons. The van der Waals surface area contributed by atoms with E-state index in [1.165, 1.54) is 0 Å². The predicted molar refractivity (Wildman–Crippen MR) is 94.6 cm³/mol. The summed E-state index contributed by atoms with van der Waals surface area (Å²) in [6.07, 6.45) is 3.70. The highest BCUT2D eigenvalue weighted by atomic mass is 16.5. The summed E-state index contributed by atoms with van der Waals surface area (Å²) in [6, 6.07) is 13.1. The van der Waals surface area contributed by atoms with Crippen molar-refractivity contribution in [3.63, 3.8) is 0 Å². The van der Waals surface area contributed by atoms with Crippen molar-refractivity contribution in [2.75, 3.05) is 7.11 Å². The van der Waals surface area contributed by atoms with Crippen molar-refractivity contribution in [2.24, 2.45) is 0 Å². The summed E-state index contributed by atoms with van der Waals surface area (Å²) in [4.78, 5) is 15.1. The Hall–Kier alpha value is -3.35. The molecule has 7 nitrogen and oxygen atoms in total. The number of carboxylic acid groups (broad SMARTS) is 1. The fraction of sp³-hybridized carbons (Fsp3) is 0.211. The lowest BCUT2D eigenvalue weighted by atomic mass is 10.2. The van der Waals surface area contributed by atoms with Crippen molar-refractivity contribution >= 4 is 5.97 Å². The molecule has 0 aliphatic heterocycles. The van der Waals surface area contributed by atoms with Crippen molar-refractivity contribution in [2.45, 2.75) is 19.4 Å². The minimum Gasteiger partial charge on any atom is -0.497 e. The molecular weight excluding hydrogens is 334 g/mol. The Labute approximate surface area is 150 Å². The number of aromatic nitrogens is 3. The molecule has 3 aromatic rings. The number of hydrogen-bond acceptors (Lipinski definition) is 5. The minimum atomic E-state index is -0.840. The van der Waals surface area contributed by atoms with Gasteiger partial charge in [-0.05, 0) is 35.9 Å². The normalized spacial score (nSPS) is 10.5. The van der Waals surface area contributed by atoms with Crippen LogP contribution >= 0.6 is 0 Å². The molecule has 0 saturated heterocycles. The predicted octanol–water partition coefficient (Wildman–Crippen LogP) is 2.87. The number of pyridine rings is 1. The lowest BCUT2D eigenvalue weighted by molar-refractivity contribution is -0.136. The van der Waals surface area contributed by atoms with E-state index in [1.54, 1.807) is 36.3 Å². The topological polar surface area (TPSA) is 86.5 Å². The molecule has 3 rings (SSSR count). The number of ether oxygens (including phenoxy) is 2. The van der Waals surface area contributed by atoms with Crippen LogP contribution in [0.2, 0.25) is 0 Å². The molecule has 1 aromatic carbocycles. The van der Waals surface area contributed by atoms with Crippen molar-refractivity contribution in [3.8, 4) is 17.3 Å². The van der Waals surface area contributed by atoms with Gasteiger partial charge >= 0.3 is 5.97 Å². The Kier molecular flexibility index (Phi) is 5.48. The number of carboxylic acids is 1. The first kappa shape index (κ1) is 17.5. The van der Waals surface area contributed by atoms with Crippen LogP contribution in [0, 0.1) is 0 Å². The zero-order valence-electron chi connectivity index (χ0n) is 14.3. The molecule has 2 aromatic heterocycles. The molecule has 2 heterocycles. The number of rotatable bonds is 8. The third-order valence-electron chi connectivity index (χ3n) is 3.82. The number of aliphatic carboxylic acids is 1. The molecule has 7 heteroatoms. The standard InChI is InChI=1S/C19H19N3O4/c1-25-16-5-2-14(3-6-16)13-26-17-7-8-18(20-12-17)22-15(10-11-21-22)4-9-19(23)24/h2-3,5-8,10-12H,4,9,13H2,1H3,(H,23,24). The van der Waals surface area contributed by atoms with Crippen molar-refractivity contribution < 1.29 is 19.4 Å². The Morgan fingerprint density at radius 2 is 1.88 bits per heavy atom. The molecule has 1 N–H and O–H groups in total. The van der Waals surface area contributed by atoms with Gasteiger partial charge in [0.1, 0.15) is 18.1 Å². The molecule has 0 spiro atoms. The second kappa shape index (κ2) is 8.15. The van der Waals surface area contributed by atoms with Crippen LogP contribution in [0.4, 0.5) is 0 Å². The fourth-order valence-electron chi connectivity index (χ4n) is 2.43. The van der Waals surface area contributed by atoms with Gasteiger partial charge in [0.15, 0.2) is 5.82 Å². The third-order valence-corrected chi connectivity index (χ3v) is 3.82. The van der Waals surface area contributed by atoms with Gasteiger partial charge in [-0.3, -0.25) is 4.79 Å². The first-order valence-corrected chi connectivity index (χ1v) is 8.12.